The lowest BCUT2D eigenvalue weighted by molar-refractivity contribution is -0.115. The zero-order valence-electron chi connectivity index (χ0n) is 10.2. The summed E-state index contributed by atoms with van der Waals surface area (Å²) < 4.78 is 0. The van der Waals surface area contributed by atoms with E-state index in [1.54, 1.807) is 17.4 Å². The molecule has 2 rings (SSSR count). The summed E-state index contributed by atoms with van der Waals surface area (Å²) in [6.45, 7) is -0.172. The minimum atomic E-state index is -0.172. The van der Waals surface area contributed by atoms with Crippen LogP contribution >= 0.6 is 11.3 Å². The van der Waals surface area contributed by atoms with E-state index in [4.69, 9.17) is 5.11 Å². The average molecular weight is 271 g/mol. The SMILES string of the molecule is O=C(Cc1cccs1)Nc1cccc(C#CCO)c1. The van der Waals surface area contributed by atoms with E-state index in [9.17, 15) is 4.79 Å². The molecule has 0 saturated carbocycles. The third-order valence-corrected chi connectivity index (χ3v) is 3.25. The minimum absolute atomic E-state index is 0.0466. The van der Waals surface area contributed by atoms with Crippen LogP contribution in [0.4, 0.5) is 5.69 Å². The van der Waals surface area contributed by atoms with Gasteiger partial charge in [-0.05, 0) is 29.6 Å². The maximum absolute atomic E-state index is 11.8. The molecule has 1 aromatic carbocycles. The van der Waals surface area contributed by atoms with Crippen molar-refractivity contribution in [3.63, 3.8) is 0 Å². The first kappa shape index (κ1) is 13.3. The molecule has 0 aliphatic heterocycles. The van der Waals surface area contributed by atoms with Crippen molar-refractivity contribution < 1.29 is 9.90 Å². The molecule has 1 aromatic heterocycles. The van der Waals surface area contributed by atoms with E-state index in [1.165, 1.54) is 0 Å². The maximum Gasteiger partial charge on any atom is 0.229 e. The van der Waals surface area contributed by atoms with Gasteiger partial charge >= 0.3 is 0 Å². The quantitative estimate of drug-likeness (QED) is 0.841. The Balaban J connectivity index is 2.00. The van der Waals surface area contributed by atoms with Crippen molar-refractivity contribution in [3.05, 3.63) is 52.2 Å². The van der Waals surface area contributed by atoms with Gasteiger partial charge in [0.25, 0.3) is 0 Å². The molecule has 96 valence electrons. The van der Waals surface area contributed by atoms with Gasteiger partial charge in [-0.2, -0.15) is 0 Å². The van der Waals surface area contributed by atoms with Crippen molar-refractivity contribution >= 4 is 22.9 Å². The Morgan fingerprint density at radius 1 is 1.32 bits per heavy atom. The normalized spacial score (nSPS) is 9.53. The molecule has 0 bridgehead atoms. The van der Waals surface area contributed by atoms with E-state index in [2.05, 4.69) is 17.2 Å². The molecule has 4 heteroatoms. The Hall–Kier alpha value is -2.09. The number of benzene rings is 1. The Morgan fingerprint density at radius 2 is 2.21 bits per heavy atom. The minimum Gasteiger partial charge on any atom is -0.384 e. The molecule has 0 aliphatic rings. The topological polar surface area (TPSA) is 49.3 Å². The number of hydrogen-bond acceptors (Lipinski definition) is 3. The van der Waals surface area contributed by atoms with Gasteiger partial charge in [0.05, 0.1) is 6.42 Å². The number of amides is 1. The van der Waals surface area contributed by atoms with Crippen molar-refractivity contribution in [2.75, 3.05) is 11.9 Å². The summed E-state index contributed by atoms with van der Waals surface area (Å²) in [5.41, 5.74) is 1.48. The lowest BCUT2D eigenvalue weighted by Crippen LogP contribution is -2.13. The second-order valence-corrected chi connectivity index (χ2v) is 4.88. The van der Waals surface area contributed by atoms with Gasteiger partial charge in [-0.15, -0.1) is 11.3 Å². The van der Waals surface area contributed by atoms with E-state index in [1.807, 2.05) is 35.7 Å². The number of hydrogen-bond donors (Lipinski definition) is 2. The third-order valence-electron chi connectivity index (χ3n) is 2.37. The summed E-state index contributed by atoms with van der Waals surface area (Å²) in [6, 6.07) is 11.1. The van der Waals surface area contributed by atoms with Gasteiger partial charge in [-0.1, -0.05) is 24.0 Å². The first-order chi connectivity index (χ1) is 9.28. The van der Waals surface area contributed by atoms with Crippen LogP contribution in [0.15, 0.2) is 41.8 Å². The number of anilines is 1. The van der Waals surface area contributed by atoms with Crippen molar-refractivity contribution in [3.8, 4) is 11.8 Å². The van der Waals surface area contributed by atoms with Crippen molar-refractivity contribution in [1.29, 1.82) is 0 Å². The number of thiophene rings is 1. The van der Waals surface area contributed by atoms with E-state index >= 15 is 0 Å². The van der Waals surface area contributed by atoms with Crippen LogP contribution in [0, 0.1) is 11.8 Å². The molecular weight excluding hydrogens is 258 g/mol. The Bertz CT molecular complexity index is 609. The first-order valence-corrected chi connectivity index (χ1v) is 6.68. The summed E-state index contributed by atoms with van der Waals surface area (Å²) in [4.78, 5) is 12.9. The molecule has 1 amide bonds. The largest absolute Gasteiger partial charge is 0.384 e. The van der Waals surface area contributed by atoms with Gasteiger partial charge in [-0.25, -0.2) is 0 Å². The van der Waals surface area contributed by atoms with Gasteiger partial charge in [0, 0.05) is 16.1 Å². The molecule has 1 heterocycles. The fourth-order valence-electron chi connectivity index (χ4n) is 1.59. The Kier molecular flexibility index (Phi) is 4.73. The summed E-state index contributed by atoms with van der Waals surface area (Å²) in [6.07, 6.45) is 0.379. The fraction of sp³-hybridized carbons (Fsp3) is 0.133. The number of carbonyl (C=O) groups is 1. The van der Waals surface area contributed by atoms with Crippen LogP contribution < -0.4 is 5.32 Å². The summed E-state index contributed by atoms with van der Waals surface area (Å²) in [5.74, 6) is 5.33. The van der Waals surface area contributed by atoms with Crippen LogP contribution in [0.2, 0.25) is 0 Å². The highest BCUT2D eigenvalue weighted by Gasteiger charge is 2.04. The smallest absolute Gasteiger partial charge is 0.229 e. The fourth-order valence-corrected chi connectivity index (χ4v) is 2.30. The predicted octanol–water partition coefficient (Wildman–Crippen LogP) is 2.27. The van der Waals surface area contributed by atoms with Gasteiger partial charge < -0.3 is 10.4 Å². The molecule has 0 fully saturated rings. The lowest BCUT2D eigenvalue weighted by Gasteiger charge is -2.04. The van der Waals surface area contributed by atoms with Crippen LogP contribution in [0.3, 0.4) is 0 Å². The average Bonchev–Trinajstić information content (AvgIpc) is 2.89. The number of rotatable bonds is 3. The van der Waals surface area contributed by atoms with Crippen LogP contribution in [0.1, 0.15) is 10.4 Å². The number of nitrogens with one attached hydrogen (secondary N) is 1. The van der Waals surface area contributed by atoms with E-state index in [0.29, 0.717) is 12.1 Å². The molecule has 0 spiro atoms. The second kappa shape index (κ2) is 6.74. The standard InChI is InChI=1S/C15H13NO2S/c17-8-2-5-12-4-1-6-13(10-12)16-15(18)11-14-7-3-9-19-14/h1,3-4,6-7,9-10,17H,8,11H2,(H,16,18). The molecule has 0 unspecified atom stereocenters. The lowest BCUT2D eigenvalue weighted by atomic mass is 10.2. The molecule has 0 saturated heterocycles. The number of aliphatic hydroxyl groups is 1. The highest BCUT2D eigenvalue weighted by molar-refractivity contribution is 7.10. The molecule has 0 radical (unpaired) electrons. The Labute approximate surface area is 115 Å². The van der Waals surface area contributed by atoms with E-state index < -0.39 is 0 Å². The van der Waals surface area contributed by atoms with Crippen molar-refractivity contribution in [2.45, 2.75) is 6.42 Å². The van der Waals surface area contributed by atoms with E-state index in [0.717, 1.165) is 10.4 Å². The molecule has 2 N–H and O–H groups in total. The predicted molar refractivity (Wildman–Crippen MR) is 77.1 cm³/mol. The maximum atomic E-state index is 11.8. The van der Waals surface area contributed by atoms with E-state index in [-0.39, 0.29) is 12.5 Å². The highest BCUT2D eigenvalue weighted by Crippen LogP contribution is 2.13. The molecule has 0 atom stereocenters. The number of carbonyl (C=O) groups excluding carboxylic acids is 1. The zero-order valence-corrected chi connectivity index (χ0v) is 11.0. The Morgan fingerprint density at radius 3 is 2.95 bits per heavy atom. The van der Waals surface area contributed by atoms with Crippen LogP contribution in [0.25, 0.3) is 0 Å². The van der Waals surface area contributed by atoms with Gasteiger partial charge in [0.2, 0.25) is 5.91 Å². The zero-order chi connectivity index (χ0) is 13.5. The third kappa shape index (κ3) is 4.25. The highest BCUT2D eigenvalue weighted by atomic mass is 32.1. The van der Waals surface area contributed by atoms with Crippen LogP contribution in [-0.4, -0.2) is 17.6 Å². The molecule has 19 heavy (non-hydrogen) atoms. The first-order valence-electron chi connectivity index (χ1n) is 5.80. The van der Waals surface area contributed by atoms with Gasteiger partial charge in [0.1, 0.15) is 6.61 Å². The van der Waals surface area contributed by atoms with Crippen LogP contribution in [-0.2, 0) is 11.2 Å². The molecule has 2 aromatic rings. The molecular formula is C15H13NO2S. The summed E-state index contributed by atoms with van der Waals surface area (Å²) in [5, 5.41) is 13.4. The summed E-state index contributed by atoms with van der Waals surface area (Å²) in [7, 11) is 0. The molecule has 3 nitrogen and oxygen atoms in total. The number of aliphatic hydroxyl groups excluding tert-OH is 1. The van der Waals surface area contributed by atoms with Crippen molar-refractivity contribution in [1.82, 2.24) is 0 Å². The second-order valence-electron chi connectivity index (χ2n) is 3.85. The van der Waals surface area contributed by atoms with Crippen LogP contribution in [0.5, 0.6) is 0 Å². The summed E-state index contributed by atoms with van der Waals surface area (Å²) >= 11 is 1.57. The van der Waals surface area contributed by atoms with Gasteiger partial charge in [0.15, 0.2) is 0 Å². The molecule has 0 aliphatic carbocycles. The monoisotopic (exact) mass is 271 g/mol. The van der Waals surface area contributed by atoms with Crippen molar-refractivity contribution in [2.24, 2.45) is 0 Å². The van der Waals surface area contributed by atoms with Gasteiger partial charge in [-0.3, -0.25) is 4.79 Å².